The van der Waals surface area contributed by atoms with Crippen LogP contribution in [0.3, 0.4) is 0 Å². The van der Waals surface area contributed by atoms with Crippen LogP contribution in [0, 0.1) is 17.3 Å². The summed E-state index contributed by atoms with van der Waals surface area (Å²) in [5.74, 6) is 1.60. The van der Waals surface area contributed by atoms with Crippen LogP contribution in [0.4, 0.5) is 0 Å². The zero-order valence-corrected chi connectivity index (χ0v) is 16.2. The Balaban J connectivity index is 1.55. The summed E-state index contributed by atoms with van der Waals surface area (Å²) in [4.78, 5) is 15.7. The molecule has 5 fully saturated rings. The van der Waals surface area contributed by atoms with E-state index in [9.17, 15) is 9.90 Å². The molecule has 1 aliphatic heterocycles. The monoisotopic (exact) mass is 357 g/mol. The van der Waals surface area contributed by atoms with Crippen molar-refractivity contribution in [3.05, 3.63) is 25.3 Å². The van der Waals surface area contributed by atoms with Crippen molar-refractivity contribution >= 4 is 5.91 Å². The summed E-state index contributed by atoms with van der Waals surface area (Å²) in [5.41, 5.74) is -0.537. The molecule has 3 nitrogen and oxygen atoms in total. The van der Waals surface area contributed by atoms with Crippen LogP contribution >= 0.6 is 0 Å². The Hall–Kier alpha value is -1.09. The highest BCUT2D eigenvalue weighted by atomic mass is 16.3. The average molecular weight is 358 g/mol. The lowest BCUT2D eigenvalue weighted by molar-refractivity contribution is -0.174. The number of amides is 1. The number of rotatable bonds is 6. The predicted molar refractivity (Wildman–Crippen MR) is 105 cm³/mol. The molecule has 1 N–H and O–H groups in total. The molecule has 144 valence electrons. The molecule has 1 amide bonds. The minimum absolute atomic E-state index is 0.0570. The largest absolute Gasteiger partial charge is 0.390 e. The molecular formula is C23H35NO2. The third-order valence-corrected chi connectivity index (χ3v) is 7.87. The lowest BCUT2D eigenvalue weighted by atomic mass is 9.47. The highest BCUT2D eigenvalue weighted by Gasteiger charge is 2.58. The second-order valence-electron chi connectivity index (χ2n) is 10.1. The minimum atomic E-state index is -0.481. The van der Waals surface area contributed by atoms with Crippen molar-refractivity contribution in [2.24, 2.45) is 17.3 Å². The van der Waals surface area contributed by atoms with Crippen LogP contribution in [0.5, 0.6) is 0 Å². The van der Waals surface area contributed by atoms with Crippen LogP contribution in [-0.2, 0) is 4.79 Å². The molecule has 5 rings (SSSR count). The Morgan fingerprint density at radius 3 is 2.31 bits per heavy atom. The molecule has 0 aromatic rings. The quantitative estimate of drug-likeness (QED) is 0.705. The van der Waals surface area contributed by atoms with E-state index in [4.69, 9.17) is 0 Å². The van der Waals surface area contributed by atoms with Crippen LogP contribution in [-0.4, -0.2) is 33.6 Å². The van der Waals surface area contributed by atoms with Crippen molar-refractivity contribution in [2.75, 3.05) is 6.54 Å². The fourth-order valence-electron chi connectivity index (χ4n) is 7.56. The van der Waals surface area contributed by atoms with Gasteiger partial charge in [0.2, 0.25) is 5.91 Å². The summed E-state index contributed by atoms with van der Waals surface area (Å²) in [6.45, 7) is 8.79. The zero-order valence-electron chi connectivity index (χ0n) is 16.2. The lowest BCUT2D eigenvalue weighted by Crippen LogP contribution is -2.59. The van der Waals surface area contributed by atoms with Gasteiger partial charge in [-0.25, -0.2) is 0 Å². The molecule has 5 aliphatic rings. The van der Waals surface area contributed by atoms with E-state index in [1.54, 1.807) is 0 Å². The van der Waals surface area contributed by atoms with E-state index in [0.29, 0.717) is 24.2 Å². The summed E-state index contributed by atoms with van der Waals surface area (Å²) in [7, 11) is 0. The van der Waals surface area contributed by atoms with Crippen molar-refractivity contribution in [3.63, 3.8) is 0 Å². The van der Waals surface area contributed by atoms with Gasteiger partial charge < -0.3 is 10.0 Å². The van der Waals surface area contributed by atoms with Crippen molar-refractivity contribution < 1.29 is 9.90 Å². The van der Waals surface area contributed by atoms with E-state index in [1.807, 2.05) is 12.2 Å². The predicted octanol–water partition coefficient (Wildman–Crippen LogP) is 4.61. The third kappa shape index (κ3) is 3.06. The van der Waals surface area contributed by atoms with Gasteiger partial charge in [0, 0.05) is 18.5 Å². The van der Waals surface area contributed by atoms with E-state index < -0.39 is 5.60 Å². The molecule has 4 aliphatic carbocycles. The van der Waals surface area contributed by atoms with Gasteiger partial charge in [0.25, 0.3) is 0 Å². The molecule has 1 heterocycles. The number of carbonyl (C=O) groups is 1. The van der Waals surface area contributed by atoms with Crippen LogP contribution in [0.1, 0.15) is 77.0 Å². The van der Waals surface area contributed by atoms with Crippen molar-refractivity contribution in [1.29, 1.82) is 0 Å². The summed E-state index contributed by atoms with van der Waals surface area (Å²) in [6, 6.07) is 0. The first-order valence-electron chi connectivity index (χ1n) is 10.7. The normalized spacial score (nSPS) is 40.4. The Labute approximate surface area is 158 Å². The van der Waals surface area contributed by atoms with E-state index in [0.717, 1.165) is 64.3 Å². The summed E-state index contributed by atoms with van der Waals surface area (Å²) < 4.78 is 0. The Kier molecular flexibility index (Phi) is 4.58. The van der Waals surface area contributed by atoms with E-state index in [1.165, 1.54) is 12.8 Å². The molecule has 3 heteroatoms. The smallest absolute Gasteiger partial charge is 0.223 e. The number of hydrogen-bond acceptors (Lipinski definition) is 2. The highest BCUT2D eigenvalue weighted by molar-refractivity contribution is 5.78. The van der Waals surface area contributed by atoms with Gasteiger partial charge in [-0.05, 0) is 87.9 Å². The molecule has 0 aromatic heterocycles. The standard InChI is InChI=1S/C23H35NO2/c1-3-7-22(8-4-2)9-5-6-10-24(22)20(25)16-21-12-18-11-19(13-21)15-23(26,14-18)17-21/h3-4,18-19,26H,1-2,5-17H2/t18-,19-,21?,23?/m0/s1. The number of likely N-dealkylation sites (tertiary alicyclic amines) is 1. The van der Waals surface area contributed by atoms with Crippen LogP contribution < -0.4 is 0 Å². The average Bonchev–Trinajstić information content (AvgIpc) is 2.52. The number of nitrogens with zero attached hydrogens (tertiary/aromatic N) is 1. The van der Waals surface area contributed by atoms with Crippen LogP contribution in [0.15, 0.2) is 25.3 Å². The van der Waals surface area contributed by atoms with E-state index in [-0.39, 0.29) is 11.0 Å². The molecule has 0 unspecified atom stereocenters. The van der Waals surface area contributed by atoms with Gasteiger partial charge in [0.05, 0.1) is 5.60 Å². The second-order valence-corrected chi connectivity index (χ2v) is 10.1. The molecule has 4 bridgehead atoms. The molecule has 26 heavy (non-hydrogen) atoms. The van der Waals surface area contributed by atoms with Gasteiger partial charge in [-0.15, -0.1) is 13.2 Å². The van der Waals surface area contributed by atoms with Gasteiger partial charge >= 0.3 is 0 Å². The van der Waals surface area contributed by atoms with Crippen LogP contribution in [0.2, 0.25) is 0 Å². The van der Waals surface area contributed by atoms with Gasteiger partial charge in [-0.1, -0.05) is 12.2 Å². The number of carbonyl (C=O) groups excluding carboxylic acids is 1. The van der Waals surface area contributed by atoms with Crippen molar-refractivity contribution in [1.82, 2.24) is 4.90 Å². The Morgan fingerprint density at radius 2 is 1.73 bits per heavy atom. The topological polar surface area (TPSA) is 40.5 Å². The van der Waals surface area contributed by atoms with Crippen molar-refractivity contribution in [3.8, 4) is 0 Å². The van der Waals surface area contributed by atoms with E-state index >= 15 is 0 Å². The summed E-state index contributed by atoms with van der Waals surface area (Å²) in [6.07, 6.45) is 16.0. The first kappa shape index (κ1) is 18.3. The maximum Gasteiger partial charge on any atom is 0.223 e. The Morgan fingerprint density at radius 1 is 1.08 bits per heavy atom. The molecule has 0 spiro atoms. The van der Waals surface area contributed by atoms with Crippen molar-refractivity contribution in [2.45, 2.75) is 88.2 Å². The molecular weight excluding hydrogens is 322 g/mol. The first-order chi connectivity index (χ1) is 12.4. The van der Waals surface area contributed by atoms with Gasteiger partial charge in [-0.3, -0.25) is 4.79 Å². The van der Waals surface area contributed by atoms with Gasteiger partial charge in [-0.2, -0.15) is 0 Å². The molecule has 1 saturated heterocycles. The van der Waals surface area contributed by atoms with E-state index in [2.05, 4.69) is 18.1 Å². The molecule has 0 radical (unpaired) electrons. The fraction of sp³-hybridized carbons (Fsp3) is 0.783. The number of aliphatic hydroxyl groups is 1. The number of hydrogen-bond donors (Lipinski definition) is 1. The Bertz CT molecular complexity index is 571. The van der Waals surface area contributed by atoms with Crippen LogP contribution in [0.25, 0.3) is 0 Å². The minimum Gasteiger partial charge on any atom is -0.390 e. The number of piperidine rings is 1. The second kappa shape index (κ2) is 6.51. The maximum atomic E-state index is 13.5. The third-order valence-electron chi connectivity index (χ3n) is 7.87. The molecule has 2 atom stereocenters. The maximum absolute atomic E-state index is 13.5. The van der Waals surface area contributed by atoms with Gasteiger partial charge in [0.15, 0.2) is 0 Å². The molecule has 4 saturated carbocycles. The summed E-state index contributed by atoms with van der Waals surface area (Å²) in [5, 5.41) is 11.0. The molecule has 0 aromatic carbocycles. The zero-order chi connectivity index (χ0) is 18.4. The highest BCUT2D eigenvalue weighted by Crippen LogP contribution is 2.63. The SMILES string of the molecule is C=CCC1(CC=C)CCCCN1C(=O)CC12C[C@@H]3C[C@H](CC(O)(C3)C1)C2. The lowest BCUT2D eigenvalue weighted by Gasteiger charge is -2.60. The first-order valence-corrected chi connectivity index (χ1v) is 10.7. The van der Waals surface area contributed by atoms with Gasteiger partial charge in [0.1, 0.15) is 0 Å². The fourth-order valence-corrected chi connectivity index (χ4v) is 7.56. The summed E-state index contributed by atoms with van der Waals surface area (Å²) >= 11 is 0.